The van der Waals surface area contributed by atoms with Gasteiger partial charge in [-0.1, -0.05) is 19.1 Å². The average Bonchev–Trinajstić information content (AvgIpc) is 2.77. The van der Waals surface area contributed by atoms with E-state index in [1.807, 2.05) is 6.92 Å². The molecule has 0 aliphatic heterocycles. The van der Waals surface area contributed by atoms with Crippen LogP contribution in [0.3, 0.4) is 0 Å². The Labute approximate surface area is 93.1 Å². The van der Waals surface area contributed by atoms with Crippen molar-refractivity contribution in [1.29, 1.82) is 0 Å². The Morgan fingerprint density at radius 2 is 2.31 bits per heavy atom. The molecule has 2 N–H and O–H groups in total. The molecule has 0 aliphatic carbocycles. The highest BCUT2D eigenvalue weighted by atomic mass is 19.1. The van der Waals surface area contributed by atoms with Crippen LogP contribution in [0.2, 0.25) is 0 Å². The monoisotopic (exact) mass is 220 g/mol. The van der Waals surface area contributed by atoms with Crippen LogP contribution in [-0.4, -0.2) is 4.98 Å². The Kier molecular flexibility index (Phi) is 3.01. The minimum Gasteiger partial charge on any atom is -0.447 e. The molecule has 84 valence electrons. The first-order valence-electron chi connectivity index (χ1n) is 5.17. The maximum Gasteiger partial charge on any atom is 0.211 e. The number of benzene rings is 1. The summed E-state index contributed by atoms with van der Waals surface area (Å²) in [5.41, 5.74) is 7.09. The molecule has 1 aromatic carbocycles. The fraction of sp³-hybridized carbons (Fsp3) is 0.250. The Morgan fingerprint density at radius 1 is 1.50 bits per heavy atom. The summed E-state index contributed by atoms with van der Waals surface area (Å²) in [6, 6.07) is 6.02. The van der Waals surface area contributed by atoms with E-state index in [1.54, 1.807) is 12.1 Å². The Hall–Kier alpha value is -1.68. The maximum absolute atomic E-state index is 13.0. The van der Waals surface area contributed by atoms with Gasteiger partial charge in [-0.3, -0.25) is 0 Å². The largest absolute Gasteiger partial charge is 0.447 e. The van der Waals surface area contributed by atoms with E-state index in [2.05, 4.69) is 4.98 Å². The lowest BCUT2D eigenvalue weighted by Gasteiger charge is -2.00. The van der Waals surface area contributed by atoms with Gasteiger partial charge in [0.15, 0.2) is 0 Å². The zero-order valence-corrected chi connectivity index (χ0v) is 8.98. The second-order valence-corrected chi connectivity index (χ2v) is 3.60. The Balaban J connectivity index is 2.31. The van der Waals surface area contributed by atoms with E-state index in [1.165, 1.54) is 18.4 Å². The van der Waals surface area contributed by atoms with Crippen molar-refractivity contribution in [2.75, 3.05) is 0 Å². The second kappa shape index (κ2) is 4.45. The first-order chi connectivity index (χ1) is 7.70. The third-order valence-electron chi connectivity index (χ3n) is 2.40. The normalized spacial score (nSPS) is 12.7. The zero-order chi connectivity index (χ0) is 11.5. The quantitative estimate of drug-likeness (QED) is 0.865. The molecular formula is C12H13FN2O. The molecule has 1 atom stereocenters. The van der Waals surface area contributed by atoms with E-state index < -0.39 is 0 Å². The molecule has 0 amide bonds. The highest BCUT2D eigenvalue weighted by Crippen LogP contribution is 2.22. The van der Waals surface area contributed by atoms with Crippen molar-refractivity contribution >= 4 is 0 Å². The minimum atomic E-state index is -0.290. The molecule has 2 aromatic rings. The lowest BCUT2D eigenvalue weighted by atomic mass is 10.2. The van der Waals surface area contributed by atoms with Crippen LogP contribution < -0.4 is 5.73 Å². The minimum absolute atomic E-state index is 0.206. The van der Waals surface area contributed by atoms with Crippen LogP contribution >= 0.6 is 0 Å². The topological polar surface area (TPSA) is 52.0 Å². The van der Waals surface area contributed by atoms with Gasteiger partial charge in [-0.25, -0.2) is 9.37 Å². The van der Waals surface area contributed by atoms with Crippen molar-refractivity contribution in [1.82, 2.24) is 4.98 Å². The number of hydrogen-bond acceptors (Lipinski definition) is 3. The van der Waals surface area contributed by atoms with Gasteiger partial charge in [0.25, 0.3) is 0 Å². The predicted molar refractivity (Wildman–Crippen MR) is 59.1 cm³/mol. The predicted octanol–water partition coefficient (Wildman–Crippen LogP) is 2.89. The van der Waals surface area contributed by atoms with Gasteiger partial charge in [-0.2, -0.15) is 0 Å². The van der Waals surface area contributed by atoms with E-state index in [0.29, 0.717) is 17.1 Å². The summed E-state index contributed by atoms with van der Waals surface area (Å²) in [7, 11) is 0. The summed E-state index contributed by atoms with van der Waals surface area (Å²) in [4.78, 5) is 4.23. The van der Waals surface area contributed by atoms with Gasteiger partial charge in [0.2, 0.25) is 5.89 Å². The van der Waals surface area contributed by atoms with Crippen molar-refractivity contribution in [3.8, 4) is 11.3 Å². The molecular weight excluding hydrogens is 207 g/mol. The molecule has 0 unspecified atom stereocenters. The van der Waals surface area contributed by atoms with E-state index >= 15 is 0 Å². The van der Waals surface area contributed by atoms with Gasteiger partial charge in [0.05, 0.1) is 6.04 Å². The number of halogens is 1. The van der Waals surface area contributed by atoms with Crippen LogP contribution in [-0.2, 0) is 0 Å². The van der Waals surface area contributed by atoms with E-state index in [-0.39, 0.29) is 11.9 Å². The number of nitrogens with two attached hydrogens (primary N) is 1. The van der Waals surface area contributed by atoms with Crippen LogP contribution in [0.5, 0.6) is 0 Å². The van der Waals surface area contributed by atoms with E-state index in [4.69, 9.17) is 10.2 Å². The fourth-order valence-electron chi connectivity index (χ4n) is 1.41. The van der Waals surface area contributed by atoms with E-state index in [9.17, 15) is 4.39 Å². The number of rotatable bonds is 3. The Morgan fingerprint density at radius 3 is 3.00 bits per heavy atom. The molecule has 0 spiro atoms. The molecule has 0 fully saturated rings. The van der Waals surface area contributed by atoms with E-state index in [0.717, 1.165) is 6.42 Å². The van der Waals surface area contributed by atoms with Crippen molar-refractivity contribution in [2.24, 2.45) is 5.73 Å². The SMILES string of the molecule is CC[C@H](N)c1nc(-c2cccc(F)c2)co1. The molecule has 0 saturated heterocycles. The van der Waals surface area contributed by atoms with Crippen LogP contribution in [0.15, 0.2) is 34.9 Å². The second-order valence-electron chi connectivity index (χ2n) is 3.60. The number of aromatic nitrogens is 1. The van der Waals surface area contributed by atoms with Gasteiger partial charge in [0, 0.05) is 5.56 Å². The molecule has 1 aromatic heterocycles. The third kappa shape index (κ3) is 2.12. The summed E-state index contributed by atoms with van der Waals surface area (Å²) < 4.78 is 18.3. The summed E-state index contributed by atoms with van der Waals surface area (Å²) >= 11 is 0. The fourth-order valence-corrected chi connectivity index (χ4v) is 1.41. The highest BCUT2D eigenvalue weighted by molar-refractivity contribution is 5.57. The molecule has 3 nitrogen and oxygen atoms in total. The van der Waals surface area contributed by atoms with Gasteiger partial charge >= 0.3 is 0 Å². The summed E-state index contributed by atoms with van der Waals surface area (Å²) in [6.45, 7) is 1.96. The number of hydrogen-bond donors (Lipinski definition) is 1. The molecule has 1 heterocycles. The first-order valence-corrected chi connectivity index (χ1v) is 5.17. The third-order valence-corrected chi connectivity index (χ3v) is 2.40. The number of oxazole rings is 1. The standard InChI is InChI=1S/C12H13FN2O/c1-2-10(14)12-15-11(7-16-12)8-4-3-5-9(13)6-8/h3-7,10H,2,14H2,1H3/t10-/m0/s1. The molecule has 0 bridgehead atoms. The van der Waals surface area contributed by atoms with Gasteiger partial charge in [-0.15, -0.1) is 0 Å². The van der Waals surface area contributed by atoms with Crippen molar-refractivity contribution in [2.45, 2.75) is 19.4 Å². The van der Waals surface area contributed by atoms with Gasteiger partial charge in [-0.05, 0) is 18.6 Å². The van der Waals surface area contributed by atoms with Crippen molar-refractivity contribution < 1.29 is 8.81 Å². The molecule has 16 heavy (non-hydrogen) atoms. The summed E-state index contributed by atoms with van der Waals surface area (Å²) in [5, 5.41) is 0. The van der Waals surface area contributed by atoms with Crippen LogP contribution in [0.4, 0.5) is 4.39 Å². The highest BCUT2D eigenvalue weighted by Gasteiger charge is 2.12. The smallest absolute Gasteiger partial charge is 0.211 e. The molecule has 2 rings (SSSR count). The average molecular weight is 220 g/mol. The maximum atomic E-state index is 13.0. The molecule has 0 aliphatic rings. The summed E-state index contributed by atoms with van der Waals surface area (Å²) in [5.74, 6) is 0.198. The first kappa shape index (κ1) is 10.8. The van der Waals surface area contributed by atoms with Crippen LogP contribution in [0.1, 0.15) is 25.3 Å². The van der Waals surface area contributed by atoms with Gasteiger partial charge in [0.1, 0.15) is 17.8 Å². The van der Waals surface area contributed by atoms with Crippen molar-refractivity contribution in [3.05, 3.63) is 42.2 Å². The van der Waals surface area contributed by atoms with Crippen LogP contribution in [0.25, 0.3) is 11.3 Å². The lowest BCUT2D eigenvalue weighted by molar-refractivity contribution is 0.444. The molecule has 4 heteroatoms. The molecule has 0 saturated carbocycles. The Bertz CT molecular complexity index is 481. The molecule has 0 radical (unpaired) electrons. The lowest BCUT2D eigenvalue weighted by Crippen LogP contribution is -2.08. The summed E-state index contributed by atoms with van der Waals surface area (Å²) in [6.07, 6.45) is 2.25. The van der Waals surface area contributed by atoms with Crippen molar-refractivity contribution in [3.63, 3.8) is 0 Å². The zero-order valence-electron chi connectivity index (χ0n) is 8.98. The van der Waals surface area contributed by atoms with Gasteiger partial charge < -0.3 is 10.2 Å². The van der Waals surface area contributed by atoms with Crippen LogP contribution in [0, 0.1) is 5.82 Å². The number of nitrogens with zero attached hydrogens (tertiary/aromatic N) is 1.